The number of ether oxygens (including phenoxy) is 1. The maximum absolute atomic E-state index is 6.99. The fourth-order valence-electron chi connectivity index (χ4n) is 10.5. The predicted octanol–water partition coefficient (Wildman–Crippen LogP) is 11.4. The summed E-state index contributed by atoms with van der Waals surface area (Å²) in [4.78, 5) is 0. The highest BCUT2D eigenvalue weighted by Gasteiger charge is 2.62. The summed E-state index contributed by atoms with van der Waals surface area (Å²) in [6, 6.07) is 0. The highest BCUT2D eigenvalue weighted by molar-refractivity contribution is 5.28. The van der Waals surface area contributed by atoms with Crippen LogP contribution in [-0.4, -0.2) is 11.7 Å². The first-order chi connectivity index (χ1) is 17.8. The van der Waals surface area contributed by atoms with E-state index in [2.05, 4.69) is 75.3 Å². The van der Waals surface area contributed by atoms with E-state index >= 15 is 0 Å². The van der Waals surface area contributed by atoms with Gasteiger partial charge >= 0.3 is 0 Å². The minimum absolute atomic E-state index is 0.0354. The molecule has 4 aliphatic carbocycles. The maximum Gasteiger partial charge on any atom is 0.0658 e. The van der Waals surface area contributed by atoms with Crippen molar-refractivity contribution < 1.29 is 4.74 Å². The minimum Gasteiger partial charge on any atom is -0.372 e. The van der Waals surface area contributed by atoms with Crippen LogP contribution in [0.15, 0.2) is 11.6 Å². The molecular formula is C37H66O. The van der Waals surface area contributed by atoms with Gasteiger partial charge in [0.15, 0.2) is 0 Å². The molecular weight excluding hydrogens is 460 g/mol. The maximum atomic E-state index is 6.99. The standard InChI is InChI=1S/C37H66O/c1-11-27(5)25-34(7,12-2)38-30-18-22-36(9)29(24-30)16-17-33-31-19-21-35(8,28(6)15-13-14-26(3)4)32(31)20-23-37(33,36)10/h16,26-28,30-33H,11-15,17-25H2,1-10H3/t27?,28-,30?,31?,32+,33+,34?,35-,36+,37+/m1/s1. The van der Waals surface area contributed by atoms with E-state index < -0.39 is 0 Å². The largest absolute Gasteiger partial charge is 0.372 e. The third kappa shape index (κ3) is 5.46. The average Bonchev–Trinajstić information content (AvgIpc) is 3.22. The molecule has 0 spiro atoms. The molecule has 0 N–H and O–H groups in total. The number of rotatable bonds is 11. The van der Waals surface area contributed by atoms with Crippen molar-refractivity contribution >= 4 is 0 Å². The van der Waals surface area contributed by atoms with E-state index in [0.29, 0.717) is 22.3 Å². The summed E-state index contributed by atoms with van der Waals surface area (Å²) in [5, 5.41) is 0. The van der Waals surface area contributed by atoms with Gasteiger partial charge in [0.05, 0.1) is 11.7 Å². The Labute approximate surface area is 238 Å². The van der Waals surface area contributed by atoms with E-state index in [-0.39, 0.29) is 5.60 Å². The Morgan fingerprint density at radius 3 is 2.34 bits per heavy atom. The summed E-state index contributed by atoms with van der Waals surface area (Å²) in [6.45, 7) is 25.0. The van der Waals surface area contributed by atoms with Crippen LogP contribution in [0.5, 0.6) is 0 Å². The Morgan fingerprint density at radius 2 is 1.68 bits per heavy atom. The molecule has 4 aliphatic rings. The van der Waals surface area contributed by atoms with Crippen molar-refractivity contribution in [2.24, 2.45) is 51.8 Å². The lowest BCUT2D eigenvalue weighted by Gasteiger charge is -2.63. The zero-order valence-corrected chi connectivity index (χ0v) is 27.4. The average molecular weight is 527 g/mol. The zero-order chi connectivity index (χ0) is 27.9. The van der Waals surface area contributed by atoms with Crippen LogP contribution in [0.4, 0.5) is 0 Å². The quantitative estimate of drug-likeness (QED) is 0.243. The molecule has 0 radical (unpaired) electrons. The van der Waals surface area contributed by atoms with Crippen LogP contribution in [-0.2, 0) is 4.74 Å². The number of allylic oxidation sites excluding steroid dienone is 1. The molecule has 0 bridgehead atoms. The Hall–Kier alpha value is -0.300. The van der Waals surface area contributed by atoms with Gasteiger partial charge in [-0.15, -0.1) is 0 Å². The molecule has 3 saturated carbocycles. The molecule has 0 aliphatic heterocycles. The second kappa shape index (κ2) is 11.5. The highest BCUT2D eigenvalue weighted by Crippen LogP contribution is 2.71. The van der Waals surface area contributed by atoms with Gasteiger partial charge in [-0.2, -0.15) is 0 Å². The van der Waals surface area contributed by atoms with E-state index in [1.807, 2.05) is 0 Å². The number of hydrogen-bond acceptors (Lipinski definition) is 1. The summed E-state index contributed by atoms with van der Waals surface area (Å²) in [7, 11) is 0. The molecule has 0 amide bonds. The number of fused-ring (bicyclic) bond motifs is 5. The summed E-state index contributed by atoms with van der Waals surface area (Å²) in [5.74, 6) is 5.27. The van der Waals surface area contributed by atoms with Gasteiger partial charge in [0.1, 0.15) is 0 Å². The molecule has 0 aromatic carbocycles. The molecule has 4 rings (SSSR count). The normalized spacial score (nSPS) is 42.0. The van der Waals surface area contributed by atoms with Crippen LogP contribution in [0.3, 0.4) is 0 Å². The van der Waals surface area contributed by atoms with Crippen molar-refractivity contribution in [2.45, 2.75) is 171 Å². The second-order valence-electron chi connectivity index (χ2n) is 16.4. The lowest BCUT2D eigenvalue weighted by molar-refractivity contribution is -0.134. The highest BCUT2D eigenvalue weighted by atomic mass is 16.5. The molecule has 0 aromatic rings. The fourth-order valence-corrected chi connectivity index (χ4v) is 10.5. The first-order valence-electron chi connectivity index (χ1n) is 17.2. The second-order valence-corrected chi connectivity index (χ2v) is 16.4. The summed E-state index contributed by atoms with van der Waals surface area (Å²) in [5.41, 5.74) is 3.23. The van der Waals surface area contributed by atoms with Crippen molar-refractivity contribution in [2.75, 3.05) is 0 Å². The van der Waals surface area contributed by atoms with Crippen LogP contribution in [0, 0.1) is 51.8 Å². The third-order valence-corrected chi connectivity index (χ3v) is 13.9. The van der Waals surface area contributed by atoms with Crippen LogP contribution < -0.4 is 0 Å². The van der Waals surface area contributed by atoms with Crippen molar-refractivity contribution in [3.8, 4) is 0 Å². The summed E-state index contributed by atoms with van der Waals surface area (Å²) in [6.07, 6.45) is 22.0. The SMILES string of the molecule is CCC(C)CC(C)(CC)OC1CC[C@@]2(C)C(=CC[C@H]3C4CC[C@](C)([C@H](C)CCCC(C)C)[C@H]4CC[C@@]32C)C1. The predicted molar refractivity (Wildman–Crippen MR) is 165 cm³/mol. The fraction of sp³-hybridized carbons (Fsp3) is 0.946. The van der Waals surface area contributed by atoms with E-state index in [1.165, 1.54) is 83.5 Å². The molecule has 220 valence electrons. The third-order valence-electron chi connectivity index (χ3n) is 13.9. The van der Waals surface area contributed by atoms with Crippen LogP contribution >= 0.6 is 0 Å². The first-order valence-corrected chi connectivity index (χ1v) is 17.2. The molecule has 0 heterocycles. The van der Waals surface area contributed by atoms with Gasteiger partial charge in [-0.25, -0.2) is 0 Å². The molecule has 10 atom stereocenters. The minimum atomic E-state index is 0.0354. The van der Waals surface area contributed by atoms with Crippen molar-refractivity contribution in [3.63, 3.8) is 0 Å². The van der Waals surface area contributed by atoms with Crippen LogP contribution in [0.2, 0.25) is 0 Å². The first kappa shape index (κ1) is 30.7. The summed E-state index contributed by atoms with van der Waals surface area (Å²) >= 11 is 0. The van der Waals surface area contributed by atoms with Crippen molar-refractivity contribution in [1.82, 2.24) is 0 Å². The van der Waals surface area contributed by atoms with E-state index in [9.17, 15) is 0 Å². The lowest BCUT2D eigenvalue weighted by Crippen LogP contribution is -2.55. The molecule has 3 fully saturated rings. The summed E-state index contributed by atoms with van der Waals surface area (Å²) < 4.78 is 6.99. The molecule has 0 aromatic heterocycles. The van der Waals surface area contributed by atoms with E-state index in [0.717, 1.165) is 41.9 Å². The molecule has 38 heavy (non-hydrogen) atoms. The van der Waals surface area contributed by atoms with Gasteiger partial charge < -0.3 is 4.74 Å². The van der Waals surface area contributed by atoms with Crippen molar-refractivity contribution in [1.29, 1.82) is 0 Å². The van der Waals surface area contributed by atoms with Gasteiger partial charge in [-0.05, 0) is 123 Å². The topological polar surface area (TPSA) is 9.23 Å². The Kier molecular flexibility index (Phi) is 9.30. The van der Waals surface area contributed by atoms with E-state index in [1.54, 1.807) is 5.57 Å². The molecule has 1 heteroatoms. The van der Waals surface area contributed by atoms with Gasteiger partial charge in [-0.3, -0.25) is 0 Å². The number of hydrogen-bond donors (Lipinski definition) is 0. The van der Waals surface area contributed by atoms with Crippen LogP contribution in [0.25, 0.3) is 0 Å². The smallest absolute Gasteiger partial charge is 0.0658 e. The Bertz CT molecular complexity index is 827. The Morgan fingerprint density at radius 1 is 0.947 bits per heavy atom. The van der Waals surface area contributed by atoms with Gasteiger partial charge in [-0.1, -0.05) is 99.6 Å². The molecule has 4 unspecified atom stereocenters. The van der Waals surface area contributed by atoms with Crippen molar-refractivity contribution in [3.05, 3.63) is 11.6 Å². The van der Waals surface area contributed by atoms with Gasteiger partial charge in [0.2, 0.25) is 0 Å². The molecule has 0 saturated heterocycles. The zero-order valence-electron chi connectivity index (χ0n) is 27.4. The lowest BCUT2D eigenvalue weighted by atomic mass is 9.42. The monoisotopic (exact) mass is 527 g/mol. The molecule has 1 nitrogen and oxygen atoms in total. The van der Waals surface area contributed by atoms with Gasteiger partial charge in [0.25, 0.3) is 0 Å². The van der Waals surface area contributed by atoms with Gasteiger partial charge in [0, 0.05) is 0 Å². The Balaban J connectivity index is 1.47. The van der Waals surface area contributed by atoms with E-state index in [4.69, 9.17) is 4.74 Å². The van der Waals surface area contributed by atoms with Crippen LogP contribution in [0.1, 0.15) is 159 Å².